The van der Waals surface area contributed by atoms with E-state index < -0.39 is 0 Å². The Morgan fingerprint density at radius 3 is 1.90 bits per heavy atom. The molecule has 3 heteroatoms. The van der Waals surface area contributed by atoms with Crippen molar-refractivity contribution in [3.8, 4) is 17.3 Å². The summed E-state index contributed by atoms with van der Waals surface area (Å²) in [5, 5.41) is 8.98. The molecule has 0 saturated carbocycles. The molecule has 0 spiro atoms. The van der Waals surface area contributed by atoms with Crippen LogP contribution in [0.4, 0.5) is 17.1 Å². The Morgan fingerprint density at radius 2 is 1.37 bits per heavy atom. The van der Waals surface area contributed by atoms with Gasteiger partial charge in [0.15, 0.2) is 0 Å². The average molecular weight is 387 g/mol. The number of hydrogen-bond donors (Lipinski definition) is 0. The highest BCUT2D eigenvalue weighted by atomic mass is 15.2. The van der Waals surface area contributed by atoms with Crippen LogP contribution in [0.15, 0.2) is 91.1 Å². The summed E-state index contributed by atoms with van der Waals surface area (Å²) in [5.41, 5.74) is 8.58. The molecular formula is C27H21N3. The molecule has 0 aliphatic carbocycles. The Kier molecular flexibility index (Phi) is 4.15. The van der Waals surface area contributed by atoms with Crippen LogP contribution in [0, 0.1) is 11.3 Å². The van der Waals surface area contributed by atoms with Crippen molar-refractivity contribution in [3.05, 3.63) is 108 Å². The van der Waals surface area contributed by atoms with Gasteiger partial charge in [-0.25, -0.2) is 0 Å². The number of benzene rings is 3. The number of fused-ring (bicyclic) bond motifs is 2. The molecule has 4 aromatic rings. The molecule has 3 nitrogen and oxygen atoms in total. The summed E-state index contributed by atoms with van der Waals surface area (Å²) in [5.74, 6) is 0. The maximum atomic E-state index is 8.98. The Balaban J connectivity index is 1.61. The largest absolute Gasteiger partial charge is 0.310 e. The van der Waals surface area contributed by atoms with E-state index in [2.05, 4.69) is 103 Å². The summed E-state index contributed by atoms with van der Waals surface area (Å²) in [6.45, 7) is 4.59. The van der Waals surface area contributed by atoms with Gasteiger partial charge in [0.05, 0.1) is 22.6 Å². The Hall–Kier alpha value is -3.90. The summed E-state index contributed by atoms with van der Waals surface area (Å²) in [6.07, 6.45) is 1.61. The summed E-state index contributed by atoms with van der Waals surface area (Å²) in [7, 11) is 0. The van der Waals surface area contributed by atoms with Gasteiger partial charge < -0.3 is 4.90 Å². The molecule has 0 N–H and O–H groups in total. The van der Waals surface area contributed by atoms with Crippen molar-refractivity contribution in [1.29, 1.82) is 5.26 Å². The SMILES string of the molecule is CC1(C)c2ccccc2N(c2ccc(-c3ccc(C#N)cn3)cc2)c2ccccc21. The van der Waals surface area contributed by atoms with Crippen LogP contribution in [-0.4, -0.2) is 4.98 Å². The lowest BCUT2D eigenvalue weighted by Gasteiger charge is -2.42. The fourth-order valence-electron chi connectivity index (χ4n) is 4.36. The lowest BCUT2D eigenvalue weighted by atomic mass is 9.73. The summed E-state index contributed by atoms with van der Waals surface area (Å²) < 4.78 is 0. The third-order valence-electron chi connectivity index (χ3n) is 5.95. The maximum absolute atomic E-state index is 8.98. The van der Waals surface area contributed by atoms with Gasteiger partial charge in [-0.15, -0.1) is 0 Å². The number of nitrogens with zero attached hydrogens (tertiary/aromatic N) is 3. The van der Waals surface area contributed by atoms with Crippen molar-refractivity contribution >= 4 is 17.1 Å². The molecule has 30 heavy (non-hydrogen) atoms. The molecule has 1 aliphatic rings. The monoisotopic (exact) mass is 387 g/mol. The van der Waals surface area contributed by atoms with Gasteiger partial charge in [-0.3, -0.25) is 4.98 Å². The highest BCUT2D eigenvalue weighted by Crippen LogP contribution is 2.51. The topological polar surface area (TPSA) is 39.9 Å². The molecule has 1 aliphatic heterocycles. The molecule has 0 radical (unpaired) electrons. The maximum Gasteiger partial charge on any atom is 0.101 e. The normalized spacial score (nSPS) is 13.8. The summed E-state index contributed by atoms with van der Waals surface area (Å²) >= 11 is 0. The van der Waals surface area contributed by atoms with Crippen molar-refractivity contribution in [2.24, 2.45) is 0 Å². The quantitative estimate of drug-likeness (QED) is 0.383. The Labute approximate surface area is 176 Å². The number of aromatic nitrogens is 1. The zero-order chi connectivity index (χ0) is 20.7. The van der Waals surface area contributed by atoms with Crippen molar-refractivity contribution in [1.82, 2.24) is 4.98 Å². The zero-order valence-corrected chi connectivity index (χ0v) is 17.0. The lowest BCUT2D eigenvalue weighted by Crippen LogP contribution is -2.30. The molecular weight excluding hydrogens is 366 g/mol. The first-order chi connectivity index (χ1) is 14.6. The number of para-hydroxylation sites is 2. The molecule has 2 heterocycles. The van der Waals surface area contributed by atoms with Crippen LogP contribution in [0.2, 0.25) is 0 Å². The van der Waals surface area contributed by atoms with Crippen LogP contribution in [-0.2, 0) is 5.41 Å². The van der Waals surface area contributed by atoms with E-state index in [-0.39, 0.29) is 5.41 Å². The Morgan fingerprint density at radius 1 is 0.767 bits per heavy atom. The molecule has 0 fully saturated rings. The fourth-order valence-corrected chi connectivity index (χ4v) is 4.36. The standard InChI is InChI=1S/C27H21N3/c1-27(2)22-7-3-5-9-25(22)30(26-10-6-4-8-23(26)27)21-14-12-20(13-15-21)24-16-11-19(17-28)18-29-24/h3-16,18H,1-2H3. The van der Waals surface area contributed by atoms with Crippen LogP contribution in [0.3, 0.4) is 0 Å². The van der Waals surface area contributed by atoms with Crippen molar-refractivity contribution in [2.75, 3.05) is 4.90 Å². The van der Waals surface area contributed by atoms with Gasteiger partial charge >= 0.3 is 0 Å². The Bertz CT molecular complexity index is 1210. The number of pyridine rings is 1. The van der Waals surface area contributed by atoms with Gasteiger partial charge in [-0.2, -0.15) is 5.26 Å². The smallest absolute Gasteiger partial charge is 0.101 e. The van der Waals surface area contributed by atoms with Crippen molar-refractivity contribution in [3.63, 3.8) is 0 Å². The summed E-state index contributed by atoms with van der Waals surface area (Å²) in [6, 6.07) is 31.6. The second kappa shape index (κ2) is 6.86. The molecule has 0 unspecified atom stereocenters. The first kappa shape index (κ1) is 18.1. The molecule has 0 saturated heterocycles. The van der Waals surface area contributed by atoms with E-state index in [0.29, 0.717) is 5.56 Å². The minimum atomic E-state index is -0.0595. The van der Waals surface area contributed by atoms with E-state index in [0.717, 1.165) is 16.9 Å². The van der Waals surface area contributed by atoms with E-state index in [4.69, 9.17) is 5.26 Å². The minimum absolute atomic E-state index is 0.0595. The average Bonchev–Trinajstić information content (AvgIpc) is 2.80. The molecule has 5 rings (SSSR count). The van der Waals surface area contributed by atoms with Crippen LogP contribution in [0.5, 0.6) is 0 Å². The van der Waals surface area contributed by atoms with Crippen molar-refractivity contribution in [2.45, 2.75) is 19.3 Å². The van der Waals surface area contributed by atoms with Crippen molar-refractivity contribution < 1.29 is 0 Å². The molecule has 0 amide bonds. The van der Waals surface area contributed by atoms with Gasteiger partial charge in [0.2, 0.25) is 0 Å². The van der Waals surface area contributed by atoms with E-state index in [1.54, 1.807) is 12.3 Å². The van der Waals surface area contributed by atoms with E-state index in [1.165, 1.54) is 22.5 Å². The minimum Gasteiger partial charge on any atom is -0.310 e. The molecule has 0 atom stereocenters. The van der Waals surface area contributed by atoms with Crippen LogP contribution in [0.25, 0.3) is 11.3 Å². The van der Waals surface area contributed by atoms with Gasteiger partial charge in [0.25, 0.3) is 0 Å². The van der Waals surface area contributed by atoms with Crippen LogP contribution in [0.1, 0.15) is 30.5 Å². The van der Waals surface area contributed by atoms with Gasteiger partial charge in [-0.1, -0.05) is 62.4 Å². The molecule has 144 valence electrons. The molecule has 3 aromatic carbocycles. The van der Waals surface area contributed by atoms with Crippen LogP contribution >= 0.6 is 0 Å². The lowest BCUT2D eigenvalue weighted by molar-refractivity contribution is 0.632. The first-order valence-electron chi connectivity index (χ1n) is 10.1. The van der Waals surface area contributed by atoms with E-state index in [1.807, 2.05) is 6.07 Å². The zero-order valence-electron chi connectivity index (χ0n) is 17.0. The van der Waals surface area contributed by atoms with Gasteiger partial charge in [-0.05, 0) is 47.5 Å². The predicted molar refractivity (Wildman–Crippen MR) is 121 cm³/mol. The number of rotatable bonds is 2. The molecule has 1 aromatic heterocycles. The second-order valence-electron chi connectivity index (χ2n) is 8.09. The van der Waals surface area contributed by atoms with Gasteiger partial charge in [0, 0.05) is 22.9 Å². The number of hydrogen-bond acceptors (Lipinski definition) is 3. The third kappa shape index (κ3) is 2.77. The van der Waals surface area contributed by atoms with E-state index in [9.17, 15) is 0 Å². The second-order valence-corrected chi connectivity index (χ2v) is 8.09. The highest BCUT2D eigenvalue weighted by Gasteiger charge is 2.36. The number of nitriles is 1. The first-order valence-corrected chi connectivity index (χ1v) is 10.1. The van der Waals surface area contributed by atoms with Crippen LogP contribution < -0.4 is 4.90 Å². The number of anilines is 3. The third-order valence-corrected chi connectivity index (χ3v) is 5.95. The van der Waals surface area contributed by atoms with Gasteiger partial charge in [0.1, 0.15) is 6.07 Å². The molecule has 0 bridgehead atoms. The predicted octanol–water partition coefficient (Wildman–Crippen LogP) is 6.73. The fraction of sp³-hybridized carbons (Fsp3) is 0.111. The summed E-state index contributed by atoms with van der Waals surface area (Å²) in [4.78, 5) is 6.76. The highest BCUT2D eigenvalue weighted by molar-refractivity contribution is 5.86. The van der Waals surface area contributed by atoms with E-state index >= 15 is 0 Å².